The predicted octanol–water partition coefficient (Wildman–Crippen LogP) is 2.83. The van der Waals surface area contributed by atoms with Crippen LogP contribution in [0.25, 0.3) is 0 Å². The summed E-state index contributed by atoms with van der Waals surface area (Å²) in [6.07, 6.45) is 5.99. The molecular formula is C32H34F2N6O4. The molecule has 2 amide bonds. The van der Waals surface area contributed by atoms with Crippen molar-refractivity contribution in [2.24, 2.45) is 5.92 Å². The number of hydrogen-bond donors (Lipinski definition) is 4. The highest BCUT2D eigenvalue weighted by Gasteiger charge is 2.51. The molecule has 0 bridgehead atoms. The SMILES string of the molecule is O=C(CN1C(=O)C(CC2CCOCC2)NCC1c1cc(F)cc(F)c1)Nc1cc2c(cn1)CC1(C2)c2cccnc2NC1O. The van der Waals surface area contributed by atoms with Gasteiger partial charge >= 0.3 is 0 Å². The molecule has 5 heterocycles. The molecule has 2 saturated heterocycles. The Kier molecular flexibility index (Phi) is 7.51. The van der Waals surface area contributed by atoms with Crippen LogP contribution in [0, 0.1) is 17.6 Å². The zero-order valence-corrected chi connectivity index (χ0v) is 24.1. The van der Waals surface area contributed by atoms with Gasteiger partial charge in [0.05, 0.1) is 17.5 Å². The molecule has 4 unspecified atom stereocenters. The van der Waals surface area contributed by atoms with E-state index in [0.29, 0.717) is 50.0 Å². The normalized spacial score (nSPS) is 26.4. The summed E-state index contributed by atoms with van der Waals surface area (Å²) in [7, 11) is 0. The van der Waals surface area contributed by atoms with Crippen molar-refractivity contribution in [3.05, 3.63) is 82.7 Å². The number of hydrogen-bond acceptors (Lipinski definition) is 8. The van der Waals surface area contributed by atoms with Crippen LogP contribution in [0.4, 0.5) is 20.4 Å². The lowest BCUT2D eigenvalue weighted by molar-refractivity contribution is -0.142. The van der Waals surface area contributed by atoms with Crippen LogP contribution in [0.15, 0.2) is 48.8 Å². The van der Waals surface area contributed by atoms with Crippen molar-refractivity contribution in [1.29, 1.82) is 0 Å². The van der Waals surface area contributed by atoms with Gasteiger partial charge in [-0.25, -0.2) is 18.7 Å². The number of pyridine rings is 2. The van der Waals surface area contributed by atoms with Crippen LogP contribution >= 0.6 is 0 Å². The van der Waals surface area contributed by atoms with Gasteiger partial charge in [0, 0.05) is 43.8 Å². The zero-order valence-electron chi connectivity index (χ0n) is 24.1. The molecule has 0 saturated carbocycles. The van der Waals surface area contributed by atoms with E-state index in [1.165, 1.54) is 17.0 Å². The lowest BCUT2D eigenvalue weighted by Gasteiger charge is -2.41. The van der Waals surface area contributed by atoms with Crippen LogP contribution in [-0.2, 0) is 32.6 Å². The lowest BCUT2D eigenvalue weighted by Crippen LogP contribution is -2.58. The number of aromatic nitrogens is 2. The first kappa shape index (κ1) is 28.8. The van der Waals surface area contributed by atoms with Gasteiger partial charge < -0.3 is 30.7 Å². The van der Waals surface area contributed by atoms with Crippen molar-refractivity contribution in [2.45, 2.75) is 55.8 Å². The highest BCUT2D eigenvalue weighted by molar-refractivity contribution is 5.95. The number of benzene rings is 1. The fourth-order valence-corrected chi connectivity index (χ4v) is 7.28. The standard InChI is InChI=1S/C32H34F2N6O4/c33-22-9-19(10-23(34)12-22)26-16-36-25(8-18-3-6-44-7-4-18)30(42)40(26)17-28(41)38-27-11-20-13-32(14-21(20)15-37-27)24-2-1-5-35-29(24)39-31(32)43/h1-2,5,9-12,15,18,25-26,31,36,43H,3-4,6-8,13-14,16-17H2,(H,35,39)(H,37,38,41). The van der Waals surface area contributed by atoms with E-state index >= 15 is 0 Å². The molecule has 7 rings (SSSR count). The second-order valence-electron chi connectivity index (χ2n) is 12.3. The molecule has 12 heteroatoms. The quantitative estimate of drug-likeness (QED) is 0.338. The molecule has 3 aliphatic heterocycles. The number of fused-ring (bicyclic) bond motifs is 3. The number of aliphatic hydroxyl groups excluding tert-OH is 1. The highest BCUT2D eigenvalue weighted by atomic mass is 19.1. The van der Waals surface area contributed by atoms with E-state index in [1.54, 1.807) is 18.5 Å². The topological polar surface area (TPSA) is 129 Å². The number of piperazine rings is 1. The fourth-order valence-electron chi connectivity index (χ4n) is 7.28. The summed E-state index contributed by atoms with van der Waals surface area (Å²) in [5, 5.41) is 20.1. The van der Waals surface area contributed by atoms with Gasteiger partial charge in [-0.05, 0) is 79.0 Å². The number of amides is 2. The van der Waals surface area contributed by atoms with Crippen molar-refractivity contribution in [3.63, 3.8) is 0 Å². The van der Waals surface area contributed by atoms with Gasteiger partial charge in [0.25, 0.3) is 0 Å². The van der Waals surface area contributed by atoms with Crippen molar-refractivity contribution in [1.82, 2.24) is 20.2 Å². The molecule has 4 N–H and O–H groups in total. The molecule has 3 aromatic rings. The molecule has 4 atom stereocenters. The summed E-state index contributed by atoms with van der Waals surface area (Å²) in [6, 6.07) is 7.55. The van der Waals surface area contributed by atoms with Crippen molar-refractivity contribution >= 4 is 23.5 Å². The smallest absolute Gasteiger partial charge is 0.245 e. The van der Waals surface area contributed by atoms with E-state index in [0.717, 1.165) is 35.6 Å². The van der Waals surface area contributed by atoms with Gasteiger partial charge in [-0.15, -0.1) is 0 Å². The molecule has 4 aliphatic rings. The summed E-state index contributed by atoms with van der Waals surface area (Å²) in [6.45, 7) is 1.24. The van der Waals surface area contributed by atoms with Crippen LogP contribution < -0.4 is 16.0 Å². The van der Waals surface area contributed by atoms with E-state index in [1.807, 2.05) is 12.1 Å². The first-order chi connectivity index (χ1) is 21.3. The van der Waals surface area contributed by atoms with Crippen LogP contribution in [0.1, 0.15) is 47.6 Å². The van der Waals surface area contributed by atoms with Gasteiger partial charge in [0.2, 0.25) is 11.8 Å². The molecule has 2 fully saturated rings. The van der Waals surface area contributed by atoms with Crippen LogP contribution in [-0.4, -0.2) is 70.4 Å². The number of nitrogens with one attached hydrogen (secondary N) is 3. The monoisotopic (exact) mass is 604 g/mol. The fraction of sp³-hybridized carbons (Fsp3) is 0.438. The molecule has 230 valence electrons. The zero-order chi connectivity index (χ0) is 30.4. The number of halogens is 2. The number of ether oxygens (including phenoxy) is 1. The first-order valence-electron chi connectivity index (χ1n) is 15.0. The maximum atomic E-state index is 14.2. The first-order valence-corrected chi connectivity index (χ1v) is 15.0. The number of rotatable bonds is 6. The Hall–Kier alpha value is -4.00. The van der Waals surface area contributed by atoms with E-state index in [9.17, 15) is 23.5 Å². The largest absolute Gasteiger partial charge is 0.381 e. The number of nitrogens with zero attached hydrogens (tertiary/aromatic N) is 3. The Morgan fingerprint density at radius 3 is 2.68 bits per heavy atom. The number of carbonyl (C=O) groups is 2. The average Bonchev–Trinajstić information content (AvgIpc) is 3.51. The third kappa shape index (κ3) is 5.31. The second kappa shape index (κ2) is 11.5. The Labute approximate surface area is 253 Å². The minimum absolute atomic E-state index is 0.252. The van der Waals surface area contributed by atoms with Crippen molar-refractivity contribution < 1.29 is 28.2 Å². The van der Waals surface area contributed by atoms with Crippen LogP contribution in [0.5, 0.6) is 0 Å². The molecule has 0 radical (unpaired) electrons. The Bertz CT molecular complexity index is 1580. The summed E-state index contributed by atoms with van der Waals surface area (Å²) in [5.74, 6) is -0.954. The Morgan fingerprint density at radius 1 is 1.11 bits per heavy atom. The minimum Gasteiger partial charge on any atom is -0.381 e. The van der Waals surface area contributed by atoms with E-state index in [-0.39, 0.29) is 24.6 Å². The lowest BCUT2D eigenvalue weighted by atomic mass is 9.79. The van der Waals surface area contributed by atoms with E-state index in [2.05, 4.69) is 25.9 Å². The molecule has 44 heavy (non-hydrogen) atoms. The molecule has 1 aromatic carbocycles. The number of carbonyl (C=O) groups excluding carboxylic acids is 2. The third-order valence-electron chi connectivity index (χ3n) is 9.51. The van der Waals surface area contributed by atoms with Crippen LogP contribution in [0.2, 0.25) is 0 Å². The number of anilines is 2. The summed E-state index contributed by atoms with van der Waals surface area (Å²) >= 11 is 0. The molecule has 1 spiro atoms. The Balaban J connectivity index is 1.09. The minimum atomic E-state index is -0.810. The van der Waals surface area contributed by atoms with Gasteiger partial charge in [-0.1, -0.05) is 6.07 Å². The summed E-state index contributed by atoms with van der Waals surface area (Å²) in [4.78, 5) is 37.4. The predicted molar refractivity (Wildman–Crippen MR) is 157 cm³/mol. The maximum Gasteiger partial charge on any atom is 0.245 e. The summed E-state index contributed by atoms with van der Waals surface area (Å²) < 4.78 is 33.8. The van der Waals surface area contributed by atoms with Gasteiger partial charge in [0.1, 0.15) is 36.0 Å². The molecule has 2 aromatic heterocycles. The number of aliphatic hydroxyl groups is 1. The maximum absolute atomic E-state index is 14.2. The van der Waals surface area contributed by atoms with E-state index in [4.69, 9.17) is 4.74 Å². The van der Waals surface area contributed by atoms with Crippen molar-refractivity contribution in [3.8, 4) is 0 Å². The van der Waals surface area contributed by atoms with Crippen LogP contribution in [0.3, 0.4) is 0 Å². The molecule has 10 nitrogen and oxygen atoms in total. The molecule has 1 aliphatic carbocycles. The van der Waals surface area contributed by atoms with E-state index < -0.39 is 41.3 Å². The Morgan fingerprint density at radius 2 is 1.89 bits per heavy atom. The highest BCUT2D eigenvalue weighted by Crippen LogP contribution is 2.48. The molecular weight excluding hydrogens is 570 g/mol. The third-order valence-corrected chi connectivity index (χ3v) is 9.51. The van der Waals surface area contributed by atoms with Crippen molar-refractivity contribution in [2.75, 3.05) is 36.9 Å². The second-order valence-corrected chi connectivity index (χ2v) is 12.3. The summed E-state index contributed by atoms with van der Waals surface area (Å²) in [5.41, 5.74) is 2.58. The van der Waals surface area contributed by atoms with Gasteiger partial charge in [-0.2, -0.15) is 0 Å². The van der Waals surface area contributed by atoms with Gasteiger partial charge in [-0.3, -0.25) is 9.59 Å². The average molecular weight is 605 g/mol. The van der Waals surface area contributed by atoms with Gasteiger partial charge in [0.15, 0.2) is 0 Å².